The number of nitro benzene ring substituents is 1. The molecule has 0 N–H and O–H groups in total. The largest absolute Gasteiger partial charge is 0.490 e. The fourth-order valence-electron chi connectivity index (χ4n) is 4.54. The number of benzene rings is 2. The van der Waals surface area contributed by atoms with E-state index in [0.29, 0.717) is 47.6 Å². The number of anilines is 1. The van der Waals surface area contributed by atoms with E-state index < -0.39 is 20.5 Å². The molecule has 2 fully saturated rings. The fourth-order valence-corrected chi connectivity index (χ4v) is 6.23. The summed E-state index contributed by atoms with van der Waals surface area (Å²) < 4.78 is 40.1. The molecule has 0 atom stereocenters. The quantitative estimate of drug-likeness (QED) is 0.258. The van der Waals surface area contributed by atoms with Gasteiger partial charge in [0.15, 0.2) is 5.75 Å². The van der Waals surface area contributed by atoms with Crippen molar-refractivity contribution in [2.24, 2.45) is 5.92 Å². The zero-order chi connectivity index (χ0) is 28.4. The van der Waals surface area contributed by atoms with E-state index in [0.717, 1.165) is 12.8 Å². The number of sulfonamides is 1. The average Bonchev–Trinajstić information content (AvgIpc) is 3.76. The second-order valence-electron chi connectivity index (χ2n) is 9.72. The number of piperazine rings is 1. The minimum atomic E-state index is -3.72. The van der Waals surface area contributed by atoms with Gasteiger partial charge in [0.25, 0.3) is 0 Å². The first-order valence-electron chi connectivity index (χ1n) is 12.7. The van der Waals surface area contributed by atoms with E-state index in [1.807, 2.05) is 4.90 Å². The van der Waals surface area contributed by atoms with Gasteiger partial charge < -0.3 is 14.4 Å². The molecule has 2 aromatic carbocycles. The van der Waals surface area contributed by atoms with Crippen molar-refractivity contribution in [2.45, 2.75) is 18.6 Å². The number of nitro groups is 1. The van der Waals surface area contributed by atoms with E-state index >= 15 is 0 Å². The van der Waals surface area contributed by atoms with Crippen molar-refractivity contribution in [1.82, 2.24) is 14.1 Å². The number of halogens is 1. The fraction of sp³-hybridized carbons (Fsp3) is 0.385. The maximum atomic E-state index is 13.5. The summed E-state index contributed by atoms with van der Waals surface area (Å²) in [5, 5.41) is 16.0. The summed E-state index contributed by atoms with van der Waals surface area (Å²) in [5.74, 6) is 0.270. The molecule has 3 aromatic rings. The highest BCUT2D eigenvalue weighted by Crippen LogP contribution is 2.33. The second-order valence-corrected chi connectivity index (χ2v) is 12.1. The van der Waals surface area contributed by atoms with Crippen LogP contribution in [0.2, 0.25) is 5.02 Å². The monoisotopic (exact) mass is 589 g/mol. The summed E-state index contributed by atoms with van der Waals surface area (Å²) in [7, 11) is -2.43. The molecule has 212 valence electrons. The molecular formula is C26H28ClN5O7S. The third kappa shape index (κ3) is 6.06. The zero-order valence-electron chi connectivity index (χ0n) is 21.7. The van der Waals surface area contributed by atoms with Crippen LogP contribution in [0.5, 0.6) is 11.5 Å². The first-order chi connectivity index (χ1) is 19.2. The van der Waals surface area contributed by atoms with Crippen molar-refractivity contribution in [2.75, 3.05) is 44.8 Å². The summed E-state index contributed by atoms with van der Waals surface area (Å²) in [6.45, 7) is 1.45. The maximum Gasteiger partial charge on any atom is 0.316 e. The number of hydrogen-bond donors (Lipinski definition) is 0. The van der Waals surface area contributed by atoms with E-state index in [4.69, 9.17) is 21.1 Å². The Kier molecular flexibility index (Phi) is 7.97. The first kappa shape index (κ1) is 27.9. The van der Waals surface area contributed by atoms with Crippen LogP contribution in [0.25, 0.3) is 5.69 Å². The molecule has 2 heterocycles. The lowest BCUT2D eigenvalue weighted by atomic mass is 10.2. The van der Waals surface area contributed by atoms with Crippen molar-refractivity contribution < 1.29 is 22.8 Å². The van der Waals surface area contributed by atoms with Gasteiger partial charge in [-0.05, 0) is 48.6 Å². The highest BCUT2D eigenvalue weighted by Gasteiger charge is 2.31. The smallest absolute Gasteiger partial charge is 0.316 e. The molecule has 40 heavy (non-hydrogen) atoms. The highest BCUT2D eigenvalue weighted by atomic mass is 35.5. The Labute approximate surface area is 235 Å². The van der Waals surface area contributed by atoms with Crippen LogP contribution in [0.15, 0.2) is 53.5 Å². The molecule has 1 aliphatic carbocycles. The predicted molar refractivity (Wildman–Crippen MR) is 149 cm³/mol. The van der Waals surface area contributed by atoms with Crippen LogP contribution in [0.3, 0.4) is 0 Å². The third-order valence-electron chi connectivity index (χ3n) is 6.89. The second kappa shape index (κ2) is 11.4. The van der Waals surface area contributed by atoms with E-state index in [9.17, 15) is 23.3 Å². The Balaban J connectivity index is 1.33. The Bertz CT molecular complexity index is 1580. The summed E-state index contributed by atoms with van der Waals surface area (Å²) in [6, 6.07) is 10.8. The van der Waals surface area contributed by atoms with Gasteiger partial charge in [0, 0.05) is 37.3 Å². The normalized spacial score (nSPS) is 16.1. The van der Waals surface area contributed by atoms with Crippen molar-refractivity contribution in [3.63, 3.8) is 0 Å². The van der Waals surface area contributed by atoms with Crippen LogP contribution < -0.4 is 19.9 Å². The van der Waals surface area contributed by atoms with Crippen LogP contribution in [-0.2, 0) is 15.8 Å². The van der Waals surface area contributed by atoms with Crippen LogP contribution in [-0.4, -0.2) is 67.3 Å². The number of rotatable bonds is 10. The third-order valence-corrected chi connectivity index (χ3v) is 8.98. The molecule has 1 saturated heterocycles. The van der Waals surface area contributed by atoms with Gasteiger partial charge in [-0.25, -0.2) is 8.42 Å². The number of aromatic nitrogens is 2. The predicted octanol–water partition coefficient (Wildman–Crippen LogP) is 3.24. The molecule has 5 rings (SSSR count). The number of nitrogens with zero attached hydrogens (tertiary/aromatic N) is 5. The van der Waals surface area contributed by atoms with E-state index in [-0.39, 0.29) is 36.0 Å². The van der Waals surface area contributed by atoms with Crippen molar-refractivity contribution in [3.8, 4) is 17.2 Å². The van der Waals surface area contributed by atoms with E-state index in [1.165, 1.54) is 34.3 Å². The van der Waals surface area contributed by atoms with Gasteiger partial charge in [0.2, 0.25) is 15.8 Å². The molecule has 14 heteroatoms. The molecule has 12 nitrogen and oxygen atoms in total. The Morgan fingerprint density at radius 3 is 2.52 bits per heavy atom. The molecule has 0 radical (unpaired) electrons. The van der Waals surface area contributed by atoms with E-state index in [1.54, 1.807) is 30.5 Å². The van der Waals surface area contributed by atoms with Gasteiger partial charge in [-0.15, -0.1) is 0 Å². The number of methoxy groups -OCH3 is 1. The molecule has 0 bridgehead atoms. The molecular weight excluding hydrogens is 562 g/mol. The average molecular weight is 590 g/mol. The van der Waals surface area contributed by atoms with Crippen molar-refractivity contribution >= 4 is 33.0 Å². The SMILES string of the molecule is COc1cc(CS(=O)(=O)N2CCN(c3cnn(-c4cccc(Cl)c4)c(=O)c3OCC3CC3)CC2)ccc1[N+](=O)[O-]. The summed E-state index contributed by atoms with van der Waals surface area (Å²) >= 11 is 6.12. The topological polar surface area (TPSA) is 137 Å². The highest BCUT2D eigenvalue weighted by molar-refractivity contribution is 7.88. The number of hydrogen-bond acceptors (Lipinski definition) is 9. The summed E-state index contributed by atoms with van der Waals surface area (Å²) in [5.41, 5.74) is 0.764. The zero-order valence-corrected chi connectivity index (χ0v) is 23.3. The standard InChI is InChI=1S/C26H28ClN5O7S/c1-38-24-13-19(7-8-22(24)32(34)35)17-40(36,37)30-11-9-29(10-12-30)23-15-28-31(21-4-2-3-20(27)14-21)26(33)25(23)39-16-18-5-6-18/h2-4,7-8,13-15,18H,5-6,9-12,16-17H2,1H3. The van der Waals surface area contributed by atoms with Gasteiger partial charge in [-0.3, -0.25) is 14.9 Å². The van der Waals surface area contributed by atoms with E-state index in [2.05, 4.69) is 5.10 Å². The van der Waals surface area contributed by atoms with Gasteiger partial charge in [-0.2, -0.15) is 14.1 Å². The van der Waals surface area contributed by atoms with Crippen molar-refractivity contribution in [1.29, 1.82) is 0 Å². The first-order valence-corrected chi connectivity index (χ1v) is 14.7. The Morgan fingerprint density at radius 1 is 1.12 bits per heavy atom. The molecule has 0 amide bonds. The molecule has 0 unspecified atom stereocenters. The van der Waals surface area contributed by atoms with Crippen LogP contribution in [0, 0.1) is 16.0 Å². The Morgan fingerprint density at radius 2 is 1.88 bits per heavy atom. The van der Waals surface area contributed by atoms with Crippen molar-refractivity contribution in [3.05, 3.63) is 79.7 Å². The lowest BCUT2D eigenvalue weighted by Crippen LogP contribution is -2.49. The lowest BCUT2D eigenvalue weighted by molar-refractivity contribution is -0.385. The van der Waals surface area contributed by atoms with Crippen LogP contribution in [0.4, 0.5) is 11.4 Å². The van der Waals surface area contributed by atoms with Gasteiger partial charge in [-0.1, -0.05) is 23.7 Å². The minimum absolute atomic E-state index is 0.00116. The minimum Gasteiger partial charge on any atom is -0.490 e. The van der Waals surface area contributed by atoms with Gasteiger partial charge in [0.05, 0.1) is 36.3 Å². The molecule has 1 saturated carbocycles. The van der Waals surface area contributed by atoms with Crippen LogP contribution in [0.1, 0.15) is 18.4 Å². The molecule has 0 spiro atoms. The lowest BCUT2D eigenvalue weighted by Gasteiger charge is -2.35. The Hall–Kier alpha value is -3.68. The maximum absolute atomic E-state index is 13.5. The molecule has 2 aliphatic rings. The van der Waals surface area contributed by atoms with Gasteiger partial charge in [0.1, 0.15) is 5.69 Å². The van der Waals surface area contributed by atoms with Gasteiger partial charge >= 0.3 is 11.2 Å². The molecule has 1 aliphatic heterocycles. The van der Waals surface area contributed by atoms with Crippen LogP contribution >= 0.6 is 11.6 Å². The number of ether oxygens (including phenoxy) is 2. The molecule has 1 aromatic heterocycles. The summed E-state index contributed by atoms with van der Waals surface area (Å²) in [4.78, 5) is 25.9. The summed E-state index contributed by atoms with van der Waals surface area (Å²) in [6.07, 6.45) is 3.68.